The van der Waals surface area contributed by atoms with Gasteiger partial charge in [-0.15, -0.1) is 0 Å². The van der Waals surface area contributed by atoms with Crippen LogP contribution in [0.5, 0.6) is 0 Å². The Morgan fingerprint density at radius 3 is 3.17 bits per heavy atom. The molecule has 3 atom stereocenters. The van der Waals surface area contributed by atoms with Gasteiger partial charge in [-0.1, -0.05) is 0 Å². The Balaban J connectivity index is 2.30. The first-order valence-electron chi connectivity index (χ1n) is 5.50. The molecule has 4 nitrogen and oxygen atoms in total. The SMILES string of the molecule is CCOC(=O)C1CC(OPI)c2cc(Br)cnc21. The van der Waals surface area contributed by atoms with Gasteiger partial charge in [0.05, 0.1) is 24.9 Å². The number of esters is 1. The largest absolute Gasteiger partial charge is 0.465 e. The summed E-state index contributed by atoms with van der Waals surface area (Å²) in [4.78, 5) is 16.3. The number of aromatic nitrogens is 1. The highest BCUT2D eigenvalue weighted by atomic mass is 127. The van der Waals surface area contributed by atoms with E-state index in [1.807, 2.05) is 13.0 Å². The summed E-state index contributed by atoms with van der Waals surface area (Å²) < 4.78 is 11.7. The van der Waals surface area contributed by atoms with E-state index in [1.54, 1.807) is 6.20 Å². The van der Waals surface area contributed by atoms with Crippen molar-refractivity contribution in [1.82, 2.24) is 4.98 Å². The van der Waals surface area contributed by atoms with Gasteiger partial charge in [0.15, 0.2) is 0 Å². The molecule has 0 radical (unpaired) electrons. The third-order valence-electron chi connectivity index (χ3n) is 2.80. The van der Waals surface area contributed by atoms with Gasteiger partial charge in [0.2, 0.25) is 0 Å². The Hall–Kier alpha value is 0.220. The second-order valence-corrected chi connectivity index (χ2v) is 6.48. The zero-order chi connectivity index (χ0) is 13.1. The molecule has 1 aromatic heterocycles. The van der Waals surface area contributed by atoms with Crippen molar-refractivity contribution in [2.24, 2.45) is 0 Å². The van der Waals surface area contributed by atoms with Crippen LogP contribution in [0.25, 0.3) is 0 Å². The van der Waals surface area contributed by atoms with Gasteiger partial charge in [-0.2, -0.15) is 0 Å². The normalized spacial score (nSPS) is 22.4. The molecule has 18 heavy (non-hydrogen) atoms. The monoisotopic (exact) mass is 443 g/mol. The highest BCUT2D eigenvalue weighted by Crippen LogP contribution is 2.46. The number of carbonyl (C=O) groups is 1. The van der Waals surface area contributed by atoms with Gasteiger partial charge >= 0.3 is 5.97 Å². The second kappa shape index (κ2) is 6.59. The van der Waals surface area contributed by atoms with Crippen LogP contribution in [-0.2, 0) is 14.1 Å². The first kappa shape index (κ1) is 14.6. The minimum Gasteiger partial charge on any atom is -0.465 e. The highest BCUT2D eigenvalue weighted by Gasteiger charge is 2.38. The lowest BCUT2D eigenvalue weighted by molar-refractivity contribution is -0.145. The van der Waals surface area contributed by atoms with E-state index >= 15 is 0 Å². The van der Waals surface area contributed by atoms with Crippen LogP contribution in [0.3, 0.4) is 0 Å². The maximum atomic E-state index is 11.9. The number of halogens is 2. The summed E-state index contributed by atoms with van der Waals surface area (Å²) in [5.74, 6) is -0.512. The van der Waals surface area contributed by atoms with Crippen molar-refractivity contribution < 1.29 is 14.1 Å². The first-order chi connectivity index (χ1) is 8.67. The number of fused-ring (bicyclic) bond motifs is 1. The van der Waals surface area contributed by atoms with E-state index in [4.69, 9.17) is 9.26 Å². The molecule has 0 saturated carbocycles. The first-order valence-corrected chi connectivity index (χ1v) is 10.3. The lowest BCUT2D eigenvalue weighted by atomic mass is 10.1. The molecule has 1 aliphatic carbocycles. The van der Waals surface area contributed by atoms with Crippen LogP contribution in [0, 0.1) is 0 Å². The molecular weight excluding hydrogens is 432 g/mol. The summed E-state index contributed by atoms with van der Waals surface area (Å²) in [6.45, 7) is 2.56. The lowest BCUT2D eigenvalue weighted by Crippen LogP contribution is -2.14. The third-order valence-corrected chi connectivity index (χ3v) is 4.37. The van der Waals surface area contributed by atoms with E-state index < -0.39 is 0 Å². The molecule has 0 amide bonds. The minimum atomic E-state index is -0.300. The molecule has 3 unspecified atom stereocenters. The lowest BCUT2D eigenvalue weighted by Gasteiger charge is -2.10. The molecule has 0 spiro atoms. The summed E-state index contributed by atoms with van der Waals surface area (Å²) >= 11 is 5.58. The number of hydrogen-bond acceptors (Lipinski definition) is 4. The number of pyridine rings is 1. The van der Waals surface area contributed by atoms with Crippen molar-refractivity contribution in [1.29, 1.82) is 0 Å². The van der Waals surface area contributed by atoms with Gasteiger partial charge in [0.25, 0.3) is 0 Å². The topological polar surface area (TPSA) is 48.4 Å². The van der Waals surface area contributed by atoms with Gasteiger partial charge in [0, 0.05) is 16.2 Å². The second-order valence-electron chi connectivity index (χ2n) is 3.85. The summed E-state index contributed by atoms with van der Waals surface area (Å²) in [5.41, 5.74) is 1.78. The molecule has 2 rings (SSSR count). The quantitative estimate of drug-likeness (QED) is 0.402. The Labute approximate surface area is 129 Å². The van der Waals surface area contributed by atoms with Crippen LogP contribution in [0.4, 0.5) is 0 Å². The van der Waals surface area contributed by atoms with Gasteiger partial charge < -0.3 is 9.26 Å². The smallest absolute Gasteiger partial charge is 0.315 e. The molecule has 0 N–H and O–H groups in total. The van der Waals surface area contributed by atoms with Gasteiger partial charge in [-0.3, -0.25) is 9.78 Å². The number of rotatable bonds is 4. The Morgan fingerprint density at radius 1 is 1.72 bits per heavy atom. The van der Waals surface area contributed by atoms with Crippen LogP contribution < -0.4 is 0 Å². The van der Waals surface area contributed by atoms with Gasteiger partial charge in [-0.05, 0) is 57.4 Å². The summed E-state index contributed by atoms with van der Waals surface area (Å²) in [6, 6.07) is 1.98. The van der Waals surface area contributed by atoms with Crippen LogP contribution in [-0.4, -0.2) is 17.6 Å². The predicted octanol–water partition coefficient (Wildman–Crippen LogP) is 3.90. The zero-order valence-corrected chi connectivity index (χ0v) is 14.4. The number of hydrogen-bond donors (Lipinski definition) is 0. The van der Waals surface area contributed by atoms with Crippen LogP contribution in [0.2, 0.25) is 0 Å². The maximum absolute atomic E-state index is 11.9. The summed E-state index contributed by atoms with van der Waals surface area (Å²) in [7, 11) is 0. The van der Waals surface area contributed by atoms with Gasteiger partial charge in [-0.25, -0.2) is 0 Å². The fourth-order valence-electron chi connectivity index (χ4n) is 2.08. The number of nitrogens with zero attached hydrogens (tertiary/aromatic N) is 1. The molecule has 0 fully saturated rings. The third kappa shape index (κ3) is 3.03. The maximum Gasteiger partial charge on any atom is 0.315 e. The van der Waals surface area contributed by atoms with Crippen LogP contribution >= 0.6 is 44.4 Å². The standard InChI is InChI=1S/C11H12BrINO3P/c1-2-16-11(15)8-4-9(17-18-13)7-3-6(12)5-14-10(7)8/h3,5,8-9,18H,2,4H2,1H3. The molecular formula is C11H12BrINO3P. The van der Waals surface area contributed by atoms with E-state index in [0.29, 0.717) is 19.5 Å². The van der Waals surface area contributed by atoms with E-state index in [-0.39, 0.29) is 18.0 Å². The van der Waals surface area contributed by atoms with Crippen molar-refractivity contribution in [2.75, 3.05) is 6.61 Å². The average Bonchev–Trinajstić information content (AvgIpc) is 2.69. The Bertz CT molecular complexity index is 460. The molecule has 0 aromatic carbocycles. The van der Waals surface area contributed by atoms with E-state index in [2.05, 4.69) is 43.0 Å². The minimum absolute atomic E-state index is 0.0605. The highest BCUT2D eigenvalue weighted by molar-refractivity contribution is 14.2. The Kier molecular flexibility index (Phi) is 5.35. The summed E-state index contributed by atoms with van der Waals surface area (Å²) in [6.07, 6.45) is 2.27. The van der Waals surface area contributed by atoms with E-state index in [0.717, 1.165) is 15.7 Å². The predicted molar refractivity (Wildman–Crippen MR) is 82.1 cm³/mol. The molecule has 1 heterocycles. The molecule has 0 aliphatic heterocycles. The Morgan fingerprint density at radius 2 is 2.50 bits per heavy atom. The molecule has 1 aromatic rings. The molecule has 1 aliphatic rings. The van der Waals surface area contributed by atoms with Crippen molar-refractivity contribution >= 4 is 50.4 Å². The van der Waals surface area contributed by atoms with Crippen molar-refractivity contribution in [2.45, 2.75) is 25.4 Å². The number of carbonyl (C=O) groups excluding carboxylic acids is 1. The molecule has 0 bridgehead atoms. The fraction of sp³-hybridized carbons (Fsp3) is 0.455. The van der Waals surface area contributed by atoms with Crippen LogP contribution in [0.15, 0.2) is 16.7 Å². The van der Waals surface area contributed by atoms with Crippen molar-refractivity contribution in [3.05, 3.63) is 28.0 Å². The zero-order valence-electron chi connectivity index (χ0n) is 9.65. The van der Waals surface area contributed by atoms with Crippen molar-refractivity contribution in [3.63, 3.8) is 0 Å². The fourth-order valence-corrected chi connectivity index (χ4v) is 3.68. The van der Waals surface area contributed by atoms with E-state index in [9.17, 15) is 4.79 Å². The molecule has 7 heteroatoms. The number of ether oxygens (including phenoxy) is 1. The average molecular weight is 444 g/mol. The summed E-state index contributed by atoms with van der Waals surface area (Å²) in [5, 5.41) is 0. The molecule has 0 saturated heterocycles. The van der Waals surface area contributed by atoms with Gasteiger partial charge in [0.1, 0.15) is 5.92 Å². The molecule has 98 valence electrons. The van der Waals surface area contributed by atoms with E-state index in [1.165, 1.54) is 0 Å². The van der Waals surface area contributed by atoms with Crippen molar-refractivity contribution in [3.8, 4) is 0 Å². The van der Waals surface area contributed by atoms with Crippen LogP contribution in [0.1, 0.15) is 36.6 Å².